The molecule has 0 N–H and O–H groups in total. The van der Waals surface area contributed by atoms with Gasteiger partial charge in [0.25, 0.3) is 0 Å². The Morgan fingerprint density at radius 2 is 1.54 bits per heavy atom. The molecule has 3 aromatic rings. The number of aryl methyl sites for hydroxylation is 1. The van der Waals surface area contributed by atoms with Crippen molar-refractivity contribution in [2.75, 3.05) is 0 Å². The third-order valence-corrected chi connectivity index (χ3v) is 10.5. The van der Waals surface area contributed by atoms with E-state index in [-0.39, 0.29) is 0 Å². The molecule has 4 bridgehead atoms. The first kappa shape index (κ1) is 27.4. The molecule has 0 spiro atoms. The van der Waals surface area contributed by atoms with Crippen LogP contribution in [0.1, 0.15) is 81.9 Å². The van der Waals surface area contributed by atoms with Crippen LogP contribution in [0.3, 0.4) is 0 Å². The van der Waals surface area contributed by atoms with Crippen LogP contribution in [0.25, 0.3) is 16.9 Å². The molecular weight excluding hydrogens is 547 g/mol. The van der Waals surface area contributed by atoms with Gasteiger partial charge in [-0.05, 0) is 124 Å². The lowest BCUT2D eigenvalue weighted by Crippen LogP contribution is -2.45. The molecule has 4 fully saturated rings. The van der Waals surface area contributed by atoms with E-state index in [0.29, 0.717) is 45.5 Å². The second-order valence-electron chi connectivity index (χ2n) is 12.6. The second-order valence-corrected chi connectivity index (χ2v) is 13.9. The molecule has 206 valence electrons. The SMILES string of the molecule is Cc1c(CCC(=O)CCCCC23CC4CC(CC(C4)C2)C3)nn(-c2ccc(Cl)cc2Cl)c1-c1ccc(Cl)cc1. The third kappa shape index (κ3) is 5.83. The maximum atomic E-state index is 12.9. The van der Waals surface area contributed by atoms with E-state index >= 15 is 0 Å². The van der Waals surface area contributed by atoms with Crippen molar-refractivity contribution in [1.29, 1.82) is 0 Å². The van der Waals surface area contributed by atoms with Gasteiger partial charge >= 0.3 is 0 Å². The van der Waals surface area contributed by atoms with Crippen molar-refractivity contribution >= 4 is 40.6 Å². The largest absolute Gasteiger partial charge is 0.300 e. The van der Waals surface area contributed by atoms with Gasteiger partial charge in [-0.1, -0.05) is 53.4 Å². The molecule has 4 aliphatic rings. The van der Waals surface area contributed by atoms with Gasteiger partial charge in [0.05, 0.1) is 22.1 Å². The normalized spacial score (nSPS) is 25.4. The highest BCUT2D eigenvalue weighted by atomic mass is 35.5. The van der Waals surface area contributed by atoms with Crippen LogP contribution in [0.4, 0.5) is 0 Å². The van der Waals surface area contributed by atoms with Crippen LogP contribution in [-0.2, 0) is 11.2 Å². The molecule has 1 aromatic heterocycles. The number of aromatic nitrogens is 2. The van der Waals surface area contributed by atoms with Crippen molar-refractivity contribution in [3.05, 3.63) is 68.8 Å². The van der Waals surface area contributed by atoms with E-state index in [0.717, 1.165) is 52.4 Å². The number of halogens is 3. The summed E-state index contributed by atoms with van der Waals surface area (Å²) in [5, 5.41) is 6.74. The lowest BCUT2D eigenvalue weighted by atomic mass is 9.48. The van der Waals surface area contributed by atoms with Gasteiger partial charge in [-0.25, -0.2) is 4.68 Å². The lowest BCUT2D eigenvalue weighted by molar-refractivity contribution is -0.119. The average molecular weight is 584 g/mol. The molecular formula is C33H37Cl3N2O. The average Bonchev–Trinajstić information content (AvgIpc) is 3.20. The van der Waals surface area contributed by atoms with Crippen LogP contribution in [-0.4, -0.2) is 15.6 Å². The number of hydrogen-bond acceptors (Lipinski definition) is 2. The fraction of sp³-hybridized carbons (Fsp3) is 0.515. The summed E-state index contributed by atoms with van der Waals surface area (Å²) in [6.07, 6.45) is 14.2. The first-order valence-electron chi connectivity index (χ1n) is 14.6. The van der Waals surface area contributed by atoms with Gasteiger partial charge in [-0.15, -0.1) is 0 Å². The number of ketones is 1. The Hall–Kier alpha value is -1.81. The first-order chi connectivity index (χ1) is 18.8. The maximum absolute atomic E-state index is 12.9. The smallest absolute Gasteiger partial charge is 0.133 e. The molecule has 4 aliphatic carbocycles. The standard InChI is InChI=1S/C33H37Cl3N2O/c1-21-30(11-10-28(39)4-2-3-13-33-18-22-14-23(19-33)16-24(15-22)20-33)37-38(31-12-9-27(35)17-29(31)36)32(21)25-5-7-26(34)8-6-25/h5-9,12,17,22-24H,2-4,10-11,13-16,18-20H2,1H3. The molecule has 7 rings (SSSR count). The van der Waals surface area contributed by atoms with E-state index in [1.165, 1.54) is 51.4 Å². The topological polar surface area (TPSA) is 34.9 Å². The van der Waals surface area contributed by atoms with Gasteiger partial charge in [0.2, 0.25) is 0 Å². The number of hydrogen-bond donors (Lipinski definition) is 0. The summed E-state index contributed by atoms with van der Waals surface area (Å²) in [6.45, 7) is 2.07. The fourth-order valence-electron chi connectivity index (χ4n) is 8.35. The molecule has 0 radical (unpaired) electrons. The molecule has 39 heavy (non-hydrogen) atoms. The number of benzene rings is 2. The highest BCUT2D eigenvalue weighted by Crippen LogP contribution is 2.61. The van der Waals surface area contributed by atoms with Gasteiger partial charge in [-0.2, -0.15) is 5.10 Å². The molecule has 0 amide bonds. The summed E-state index contributed by atoms with van der Waals surface area (Å²) in [5.41, 5.74) is 5.30. The van der Waals surface area contributed by atoms with Crippen molar-refractivity contribution in [2.24, 2.45) is 23.2 Å². The molecule has 1 heterocycles. The van der Waals surface area contributed by atoms with Gasteiger partial charge in [-0.3, -0.25) is 4.79 Å². The Morgan fingerprint density at radius 3 is 2.18 bits per heavy atom. The predicted molar refractivity (Wildman–Crippen MR) is 161 cm³/mol. The maximum Gasteiger partial charge on any atom is 0.133 e. The Balaban J connectivity index is 1.10. The fourth-order valence-corrected chi connectivity index (χ4v) is 8.97. The van der Waals surface area contributed by atoms with E-state index in [4.69, 9.17) is 39.9 Å². The van der Waals surface area contributed by atoms with Crippen LogP contribution < -0.4 is 0 Å². The zero-order valence-electron chi connectivity index (χ0n) is 22.7. The van der Waals surface area contributed by atoms with Crippen molar-refractivity contribution < 1.29 is 4.79 Å². The minimum Gasteiger partial charge on any atom is -0.300 e. The minimum atomic E-state index is 0.340. The van der Waals surface area contributed by atoms with Crippen molar-refractivity contribution in [3.63, 3.8) is 0 Å². The summed E-state index contributed by atoms with van der Waals surface area (Å²) in [7, 11) is 0. The second kappa shape index (κ2) is 11.2. The first-order valence-corrected chi connectivity index (χ1v) is 15.7. The number of carbonyl (C=O) groups is 1. The number of carbonyl (C=O) groups excluding carboxylic acids is 1. The zero-order valence-corrected chi connectivity index (χ0v) is 25.0. The molecule has 0 atom stereocenters. The van der Waals surface area contributed by atoms with Crippen LogP contribution >= 0.6 is 34.8 Å². The summed E-state index contributed by atoms with van der Waals surface area (Å²) in [5.74, 6) is 3.34. The molecule has 0 saturated heterocycles. The highest BCUT2D eigenvalue weighted by molar-refractivity contribution is 6.35. The molecule has 2 aromatic carbocycles. The summed E-state index contributed by atoms with van der Waals surface area (Å²) in [4.78, 5) is 12.9. The number of nitrogens with zero attached hydrogens (tertiary/aromatic N) is 2. The van der Waals surface area contributed by atoms with E-state index in [1.807, 2.05) is 41.1 Å². The van der Waals surface area contributed by atoms with E-state index in [1.54, 1.807) is 6.07 Å². The molecule has 4 saturated carbocycles. The van der Waals surface area contributed by atoms with Crippen molar-refractivity contribution in [2.45, 2.75) is 84.0 Å². The monoisotopic (exact) mass is 582 g/mol. The quantitative estimate of drug-likeness (QED) is 0.223. The Kier molecular flexibility index (Phi) is 7.87. The lowest BCUT2D eigenvalue weighted by Gasteiger charge is -2.57. The van der Waals surface area contributed by atoms with Crippen LogP contribution in [0.5, 0.6) is 0 Å². The third-order valence-electron chi connectivity index (χ3n) is 9.69. The van der Waals surface area contributed by atoms with Crippen LogP contribution in [0, 0.1) is 30.1 Å². The molecule has 0 aliphatic heterocycles. The molecule has 6 heteroatoms. The van der Waals surface area contributed by atoms with Crippen molar-refractivity contribution in [1.82, 2.24) is 9.78 Å². The number of Topliss-reactive ketones (excluding diaryl/α,β-unsaturated/α-hetero) is 1. The van der Waals surface area contributed by atoms with E-state index in [2.05, 4.69) is 6.92 Å². The zero-order chi connectivity index (χ0) is 27.1. The van der Waals surface area contributed by atoms with Crippen LogP contribution in [0.15, 0.2) is 42.5 Å². The van der Waals surface area contributed by atoms with Crippen LogP contribution in [0.2, 0.25) is 15.1 Å². The Labute approximate surface area is 247 Å². The van der Waals surface area contributed by atoms with Gasteiger partial charge in [0.15, 0.2) is 0 Å². The summed E-state index contributed by atoms with van der Waals surface area (Å²) < 4.78 is 1.88. The Morgan fingerprint density at radius 1 is 0.897 bits per heavy atom. The van der Waals surface area contributed by atoms with Gasteiger partial charge in [0, 0.05) is 28.5 Å². The van der Waals surface area contributed by atoms with Gasteiger partial charge in [0.1, 0.15) is 5.78 Å². The molecule has 3 nitrogen and oxygen atoms in total. The molecule has 0 unspecified atom stereocenters. The summed E-state index contributed by atoms with van der Waals surface area (Å²) >= 11 is 18.9. The predicted octanol–water partition coefficient (Wildman–Crippen LogP) is 10.1. The van der Waals surface area contributed by atoms with Gasteiger partial charge < -0.3 is 0 Å². The Bertz CT molecular complexity index is 1320. The highest BCUT2D eigenvalue weighted by Gasteiger charge is 2.50. The number of unbranched alkanes of at least 4 members (excludes halogenated alkanes) is 1. The summed E-state index contributed by atoms with van der Waals surface area (Å²) in [6, 6.07) is 13.2. The van der Waals surface area contributed by atoms with Crippen molar-refractivity contribution in [3.8, 4) is 16.9 Å². The number of rotatable bonds is 10. The van der Waals surface area contributed by atoms with E-state index < -0.39 is 0 Å². The van der Waals surface area contributed by atoms with E-state index in [9.17, 15) is 4.79 Å². The minimum absolute atomic E-state index is 0.340.